The number of aliphatic hydroxyl groups is 12. The van der Waals surface area contributed by atoms with Crippen LogP contribution in [0.25, 0.3) is 0 Å². The molecule has 4 fully saturated rings. The zero-order chi connectivity index (χ0) is 96.4. The third kappa shape index (κ3) is 45.5. The van der Waals surface area contributed by atoms with Gasteiger partial charge in [0.2, 0.25) is 23.6 Å². The molecule has 4 aliphatic heterocycles. The third-order valence-electron chi connectivity index (χ3n) is 18.2. The Morgan fingerprint density at radius 3 is 0.828 bits per heavy atom. The summed E-state index contributed by atoms with van der Waals surface area (Å²) in [6, 6.07) is -4.51. The van der Waals surface area contributed by atoms with Gasteiger partial charge in [-0.25, -0.2) is 28.3 Å². The van der Waals surface area contributed by atoms with E-state index in [1.54, 1.807) is 0 Å². The molecule has 0 bridgehead atoms. The minimum absolute atomic E-state index is 0.000712. The lowest BCUT2D eigenvalue weighted by Gasteiger charge is -2.42. The van der Waals surface area contributed by atoms with Gasteiger partial charge in [0.05, 0.1) is 70.4 Å². The van der Waals surface area contributed by atoms with Crippen molar-refractivity contribution in [1.29, 1.82) is 0 Å². The van der Waals surface area contributed by atoms with Crippen molar-refractivity contribution in [3.8, 4) is 0 Å². The number of ketones is 4. The fourth-order valence-electron chi connectivity index (χ4n) is 12.2. The van der Waals surface area contributed by atoms with Crippen LogP contribution in [0.3, 0.4) is 0 Å². The van der Waals surface area contributed by atoms with Gasteiger partial charge in [0.15, 0.2) is 54.4 Å². The number of rotatable bonds is 54. The molecule has 0 aliphatic carbocycles. The topological polar surface area (TPSA) is 766 Å². The predicted octanol–water partition coefficient (Wildman–Crippen LogP) is -5.72. The third-order valence-corrected chi connectivity index (χ3v) is 20.8. The van der Waals surface area contributed by atoms with Crippen LogP contribution in [0.1, 0.15) is 146 Å². The number of ether oxygens (including phenoxy) is 12. The van der Waals surface area contributed by atoms with E-state index in [9.17, 15) is 138 Å². The van der Waals surface area contributed by atoms with Gasteiger partial charge in [0.1, 0.15) is 123 Å². The number of phosphoric acid groups is 2. The highest BCUT2D eigenvalue weighted by Crippen LogP contribution is 2.49. The Hall–Kier alpha value is -6.94. The number of hydrogen-bond donors (Lipinski definition) is 22. The maximum atomic E-state index is 12.6. The molecular formula is C74H130N8O44P2. The summed E-state index contributed by atoms with van der Waals surface area (Å²) < 4.78 is 110. The van der Waals surface area contributed by atoms with Gasteiger partial charge in [-0.3, -0.25) is 56.5 Å². The second kappa shape index (κ2) is 58.2. The van der Waals surface area contributed by atoms with E-state index < -0.39 is 312 Å². The van der Waals surface area contributed by atoms with E-state index in [0.29, 0.717) is 19.3 Å². The van der Waals surface area contributed by atoms with Crippen LogP contribution in [0.2, 0.25) is 0 Å². The zero-order valence-corrected chi connectivity index (χ0v) is 74.7. The van der Waals surface area contributed by atoms with Crippen LogP contribution in [0.15, 0.2) is 0 Å². The molecule has 8 amide bonds. The Labute approximate surface area is 737 Å². The molecule has 0 spiro atoms. The van der Waals surface area contributed by atoms with Crippen molar-refractivity contribution in [3.63, 3.8) is 0 Å². The zero-order valence-electron chi connectivity index (χ0n) is 72.9. The largest absolute Gasteiger partial charge is 0.473 e. The molecule has 4 aliphatic rings. The van der Waals surface area contributed by atoms with Gasteiger partial charge >= 0.3 is 40.0 Å². The first-order valence-corrected chi connectivity index (χ1v) is 44.1. The van der Waals surface area contributed by atoms with Gasteiger partial charge in [0, 0.05) is 79.8 Å². The highest BCUT2D eigenvalue weighted by atomic mass is 31.2. The second-order valence-electron chi connectivity index (χ2n) is 31.8. The molecule has 128 heavy (non-hydrogen) atoms. The summed E-state index contributed by atoms with van der Waals surface area (Å²) in [4.78, 5) is 166. The van der Waals surface area contributed by atoms with Gasteiger partial charge in [-0.15, -0.1) is 0 Å². The lowest BCUT2D eigenvalue weighted by atomic mass is 9.97. The number of alkyl carbamates (subject to hydrolysis) is 4. The predicted molar refractivity (Wildman–Crippen MR) is 429 cm³/mol. The number of aliphatic hydroxyl groups excluding tert-OH is 12. The fourth-order valence-corrected chi connectivity index (χ4v) is 14.5. The molecule has 0 saturated carbocycles. The molecule has 740 valence electrons. The second-order valence-corrected chi connectivity index (χ2v) is 34.5. The number of phosphoric ester groups is 2. The van der Waals surface area contributed by atoms with E-state index in [4.69, 9.17) is 74.9 Å². The van der Waals surface area contributed by atoms with Crippen molar-refractivity contribution >= 4 is 86.8 Å². The molecule has 4 rings (SSSR count). The molecule has 0 aromatic carbocycles. The van der Waals surface area contributed by atoms with Crippen LogP contribution in [-0.4, -0.2) is 394 Å². The number of nitrogens with one attached hydrogen (secondary N) is 8. The first kappa shape index (κ1) is 115. The highest BCUT2D eigenvalue weighted by Gasteiger charge is 2.50. The molecule has 2 unspecified atom stereocenters. The van der Waals surface area contributed by atoms with Crippen molar-refractivity contribution < 1.29 is 213 Å². The molecule has 22 N–H and O–H groups in total. The van der Waals surface area contributed by atoms with Crippen LogP contribution in [0.4, 0.5) is 19.2 Å². The summed E-state index contributed by atoms with van der Waals surface area (Å²) in [5.41, 5.74) is -2.28. The van der Waals surface area contributed by atoms with E-state index in [1.165, 1.54) is 69.2 Å². The van der Waals surface area contributed by atoms with Crippen molar-refractivity contribution in [2.75, 3.05) is 105 Å². The molecule has 0 aromatic rings. The Kier molecular flexibility index (Phi) is 52.4. The number of unbranched alkanes of at least 4 members (excludes halogenated alkanes) is 4. The van der Waals surface area contributed by atoms with E-state index in [0.717, 1.165) is 0 Å². The molecular weight excluding hydrogens is 1770 g/mol. The number of amides is 8. The van der Waals surface area contributed by atoms with Crippen molar-refractivity contribution in [1.82, 2.24) is 42.5 Å². The molecule has 0 aromatic heterocycles. The maximum absolute atomic E-state index is 12.6. The van der Waals surface area contributed by atoms with Crippen molar-refractivity contribution in [2.45, 2.75) is 292 Å². The summed E-state index contributed by atoms with van der Waals surface area (Å²) >= 11 is 0. The van der Waals surface area contributed by atoms with E-state index in [2.05, 4.69) is 42.5 Å². The van der Waals surface area contributed by atoms with E-state index in [-0.39, 0.29) is 84.2 Å². The Morgan fingerprint density at radius 2 is 0.586 bits per heavy atom. The Morgan fingerprint density at radius 1 is 0.344 bits per heavy atom. The molecule has 23 atom stereocenters. The standard InChI is InChI=1S/2C37H65N4O22P/c1-20(44)40-27-31(50)29(48)25(16-42)61-33(27)56-12-8-6-10-22(46)14-38-35(52)58-18-24(19-59-64(54,55)63-37(3,4)5)60-36(53)39-15-23(47)11-7-9-13-57-34-28(41-21(2)45)32(51)30(49)26(17-43)62-34;1-20(44)40-27-31(50)29(48)25(16-42)60-33(27)56-12-8-6-10-22(46)14-38-35(52)58-18-24(62-64(54,55)63-37(3,4)5)19-59-36(53)39-15-23(47)11-7-9-13-57-34-28(41-21(2)45)32(51)30(49)26(17-43)61-34/h2*24-34,42-43,48-51H,6-19H2,1-5H3,(H,38,52)(H,39,53)(H,40,44)(H,41,45)(H,54,55)/t24-,25+,26+,27+,28+,29-,30-,31+,32+,33+,34+;25-,26-,27-,28-,29+,30+,31-,32-,33-,34-/m01/s1. The van der Waals surface area contributed by atoms with Crippen LogP contribution >= 0.6 is 15.6 Å². The molecule has 0 radical (unpaired) electrons. The smallest absolute Gasteiger partial charge is 0.447 e. The Bertz CT molecular complexity index is 3460. The summed E-state index contributed by atoms with van der Waals surface area (Å²) in [5, 5.41) is 138. The van der Waals surface area contributed by atoms with Crippen LogP contribution in [0, 0.1) is 0 Å². The van der Waals surface area contributed by atoms with E-state index in [1.807, 2.05) is 0 Å². The minimum atomic E-state index is -4.82. The lowest BCUT2D eigenvalue weighted by Crippen LogP contribution is -2.64. The summed E-state index contributed by atoms with van der Waals surface area (Å²) in [6.45, 7) is 6.19. The van der Waals surface area contributed by atoms with Crippen LogP contribution < -0.4 is 42.5 Å². The number of Topliss-reactive ketones (excluding diaryl/α,β-unsaturated/α-hetero) is 4. The molecule has 54 heteroatoms. The number of carbonyl (C=O) groups excluding carboxylic acids is 12. The average molecular weight is 1900 g/mol. The molecule has 52 nitrogen and oxygen atoms in total. The van der Waals surface area contributed by atoms with Gasteiger partial charge in [-0.05, 0) is 92.9 Å². The van der Waals surface area contributed by atoms with Crippen LogP contribution in [-0.2, 0) is 122 Å². The number of hydrogen-bond acceptors (Lipinski definition) is 42. The number of carbonyl (C=O) groups is 12. The molecule has 4 heterocycles. The first-order chi connectivity index (χ1) is 59.9. The van der Waals surface area contributed by atoms with Gasteiger partial charge in [0.25, 0.3) is 0 Å². The summed E-state index contributed by atoms with van der Waals surface area (Å²) in [6.07, 6.45) is -26.8. The Balaban J connectivity index is 0.000000660. The summed E-state index contributed by atoms with van der Waals surface area (Å²) in [5.74, 6) is -3.77. The van der Waals surface area contributed by atoms with Gasteiger partial charge < -0.3 is 170 Å². The normalized spacial score (nSPS) is 27.1. The quantitative estimate of drug-likeness (QED) is 0.0153. The van der Waals surface area contributed by atoms with Crippen molar-refractivity contribution in [2.24, 2.45) is 0 Å². The van der Waals surface area contributed by atoms with Gasteiger partial charge in [-0.1, -0.05) is 0 Å². The average Bonchev–Trinajstić information content (AvgIpc) is 0.821. The SMILES string of the molecule is CC(=O)N[C@H]1[C@H](OCCCCC(=O)CNC(=O)OCC(COC(=O)NCC(=O)CCCCO[C@@H]2O[C@H](CO)[C@H](O)[C@H](O)[C@H]2NC(C)=O)OP(=O)(O)OC(C)(C)C)O[C@H](CO)[C@H](O)[C@@H]1O.CC(=O)N[C@H]1[C@H](OCCCCC(=O)CNC(=O)OC[C@@H](COP(=O)(O)OC(C)(C)C)OC(=O)NCC(=O)CCCCO[C@@H]2O[C@H](CO)[C@H](O)[C@H](O)[C@H]2NC(C)=O)O[C@H](CO)[C@H](O)[C@@H]1O. The monoisotopic (exact) mass is 1900 g/mol. The summed E-state index contributed by atoms with van der Waals surface area (Å²) in [7, 11) is -9.53. The van der Waals surface area contributed by atoms with Crippen LogP contribution in [0.5, 0.6) is 0 Å². The fraction of sp³-hybridized carbons (Fsp3) is 0.838. The maximum Gasteiger partial charge on any atom is 0.473 e. The van der Waals surface area contributed by atoms with Gasteiger partial charge in [-0.2, -0.15) is 0 Å². The van der Waals surface area contributed by atoms with E-state index >= 15 is 0 Å². The lowest BCUT2D eigenvalue weighted by molar-refractivity contribution is -0.270. The van der Waals surface area contributed by atoms with Crippen molar-refractivity contribution in [3.05, 3.63) is 0 Å². The first-order valence-electron chi connectivity index (χ1n) is 41.1. The highest BCUT2D eigenvalue weighted by molar-refractivity contribution is 7.47. The minimum Gasteiger partial charge on any atom is -0.447 e. The molecule has 4 saturated heterocycles.